The Balaban J connectivity index is 0.00000220. The van der Waals surface area contributed by atoms with Gasteiger partial charge in [-0.25, -0.2) is 0 Å². The van der Waals surface area contributed by atoms with E-state index in [1.807, 2.05) is 0 Å². The quantitative estimate of drug-likeness (QED) is 0.264. The Hall–Kier alpha value is -0.0800. The molecule has 1 aliphatic heterocycles. The van der Waals surface area contributed by atoms with E-state index in [9.17, 15) is 0 Å². The summed E-state index contributed by atoms with van der Waals surface area (Å²) in [6.45, 7) is 7.98. The fourth-order valence-corrected chi connectivity index (χ4v) is 2.70. The van der Waals surface area contributed by atoms with Gasteiger partial charge in [-0.05, 0) is 51.1 Å². The zero-order valence-electron chi connectivity index (χ0n) is 13.2. The molecule has 1 aliphatic carbocycles. The van der Waals surface area contributed by atoms with Crippen molar-refractivity contribution in [2.45, 2.75) is 45.1 Å². The smallest absolute Gasteiger partial charge is 0.188 e. The van der Waals surface area contributed by atoms with Crippen LogP contribution in [0.2, 0.25) is 0 Å². The number of likely N-dealkylation sites (N-methyl/N-ethyl adjacent to an activating group) is 1. The first kappa shape index (κ1) is 19.0. The molecule has 0 aromatic heterocycles. The summed E-state index contributed by atoms with van der Waals surface area (Å²) < 4.78 is 5.58. The molecule has 0 bridgehead atoms. The Morgan fingerprint density at radius 3 is 2.90 bits per heavy atom. The summed E-state index contributed by atoms with van der Waals surface area (Å²) in [6.07, 6.45) is 6.24. The van der Waals surface area contributed by atoms with E-state index in [1.165, 1.54) is 32.2 Å². The molecule has 1 saturated heterocycles. The van der Waals surface area contributed by atoms with E-state index in [-0.39, 0.29) is 24.0 Å². The number of hydrogen-bond donors (Lipinski definition) is 2. The number of rotatable bonds is 9. The zero-order chi connectivity index (χ0) is 14.2. The summed E-state index contributed by atoms with van der Waals surface area (Å²) in [5, 5.41) is 3.17. The zero-order valence-corrected chi connectivity index (χ0v) is 15.6. The molecule has 3 N–H and O–H groups in total. The first-order valence-electron chi connectivity index (χ1n) is 8.15. The van der Waals surface area contributed by atoms with Crippen molar-refractivity contribution < 1.29 is 4.74 Å². The molecule has 2 rings (SSSR count). The fourth-order valence-electron chi connectivity index (χ4n) is 2.70. The van der Waals surface area contributed by atoms with Crippen molar-refractivity contribution in [3.63, 3.8) is 0 Å². The van der Waals surface area contributed by atoms with E-state index < -0.39 is 0 Å². The van der Waals surface area contributed by atoms with Crippen molar-refractivity contribution in [2.75, 3.05) is 39.4 Å². The maximum Gasteiger partial charge on any atom is 0.188 e. The summed E-state index contributed by atoms with van der Waals surface area (Å²) >= 11 is 0. The second kappa shape index (κ2) is 10.6. The van der Waals surface area contributed by atoms with Crippen molar-refractivity contribution in [1.82, 2.24) is 10.2 Å². The highest BCUT2D eigenvalue weighted by atomic mass is 127. The van der Waals surface area contributed by atoms with Gasteiger partial charge < -0.3 is 15.8 Å². The van der Waals surface area contributed by atoms with E-state index in [4.69, 9.17) is 10.5 Å². The van der Waals surface area contributed by atoms with Crippen molar-refractivity contribution in [3.8, 4) is 0 Å². The average molecular weight is 410 g/mol. The third-order valence-electron chi connectivity index (χ3n) is 4.20. The van der Waals surface area contributed by atoms with Crippen molar-refractivity contribution >= 4 is 29.9 Å². The van der Waals surface area contributed by atoms with Gasteiger partial charge in [-0.1, -0.05) is 6.92 Å². The number of nitrogens with zero attached hydrogens (tertiary/aromatic N) is 2. The van der Waals surface area contributed by atoms with Gasteiger partial charge in [-0.3, -0.25) is 9.89 Å². The van der Waals surface area contributed by atoms with Crippen molar-refractivity contribution in [3.05, 3.63) is 0 Å². The van der Waals surface area contributed by atoms with Crippen LogP contribution >= 0.6 is 24.0 Å². The molecule has 0 amide bonds. The van der Waals surface area contributed by atoms with Gasteiger partial charge in [0.1, 0.15) is 0 Å². The number of halogens is 1. The molecule has 21 heavy (non-hydrogen) atoms. The standard InChI is InChI=1S/C15H30N4O.HI/c1-2-19-9-3-5-14(19)11-18-15(16)17-8-4-10-20-12-13-6-7-13;/h13-14H,2-12H2,1H3,(H3,16,17,18);1H. The molecule has 0 spiro atoms. The van der Waals surface area contributed by atoms with Crippen LogP contribution in [0.25, 0.3) is 0 Å². The maximum atomic E-state index is 5.89. The third kappa shape index (κ3) is 7.65. The molecule has 2 fully saturated rings. The Morgan fingerprint density at radius 1 is 1.38 bits per heavy atom. The number of aliphatic imine (C=N–C) groups is 1. The molecular formula is C15H31IN4O. The lowest BCUT2D eigenvalue weighted by molar-refractivity contribution is 0.123. The minimum absolute atomic E-state index is 0. The topological polar surface area (TPSA) is 62.9 Å². The summed E-state index contributed by atoms with van der Waals surface area (Å²) in [5.74, 6) is 1.43. The number of ether oxygens (including phenoxy) is 1. The Labute approximate surface area is 146 Å². The number of nitrogens with one attached hydrogen (secondary N) is 1. The summed E-state index contributed by atoms with van der Waals surface area (Å²) in [5.41, 5.74) is 5.89. The average Bonchev–Trinajstić information content (AvgIpc) is 3.16. The Bertz CT molecular complexity index is 310. The van der Waals surface area contributed by atoms with E-state index in [0.717, 1.165) is 45.2 Å². The van der Waals surface area contributed by atoms with E-state index in [1.54, 1.807) is 0 Å². The van der Waals surface area contributed by atoms with Crippen LogP contribution in [0.15, 0.2) is 4.99 Å². The Kier molecular flexibility index (Phi) is 9.59. The van der Waals surface area contributed by atoms with Gasteiger partial charge in [-0.2, -0.15) is 0 Å². The van der Waals surface area contributed by atoms with E-state index in [2.05, 4.69) is 22.1 Å². The molecular weight excluding hydrogens is 379 g/mol. The second-order valence-electron chi connectivity index (χ2n) is 5.95. The van der Waals surface area contributed by atoms with Crippen LogP contribution in [0.4, 0.5) is 0 Å². The minimum Gasteiger partial charge on any atom is -0.381 e. The van der Waals surface area contributed by atoms with Crippen LogP contribution in [-0.4, -0.2) is 56.3 Å². The highest BCUT2D eigenvalue weighted by Gasteiger charge is 2.22. The van der Waals surface area contributed by atoms with Gasteiger partial charge in [-0.15, -0.1) is 24.0 Å². The Morgan fingerprint density at radius 2 is 2.19 bits per heavy atom. The lowest BCUT2D eigenvalue weighted by Crippen LogP contribution is -2.36. The second-order valence-corrected chi connectivity index (χ2v) is 5.95. The highest BCUT2D eigenvalue weighted by Crippen LogP contribution is 2.28. The van der Waals surface area contributed by atoms with Gasteiger partial charge in [0.2, 0.25) is 0 Å². The highest BCUT2D eigenvalue weighted by molar-refractivity contribution is 14.0. The first-order chi connectivity index (χ1) is 9.79. The SMILES string of the molecule is CCN1CCCC1CN=C(N)NCCCOCC1CC1.I. The van der Waals surface area contributed by atoms with Crippen molar-refractivity contribution in [1.29, 1.82) is 0 Å². The molecule has 0 aromatic carbocycles. The molecule has 5 nitrogen and oxygen atoms in total. The van der Waals surface area contributed by atoms with Gasteiger partial charge in [0.15, 0.2) is 5.96 Å². The van der Waals surface area contributed by atoms with Crippen molar-refractivity contribution in [2.24, 2.45) is 16.6 Å². The van der Waals surface area contributed by atoms with Gasteiger partial charge >= 0.3 is 0 Å². The molecule has 1 atom stereocenters. The largest absolute Gasteiger partial charge is 0.381 e. The van der Waals surface area contributed by atoms with E-state index >= 15 is 0 Å². The summed E-state index contributed by atoms with van der Waals surface area (Å²) in [7, 11) is 0. The first-order valence-corrected chi connectivity index (χ1v) is 8.15. The lowest BCUT2D eigenvalue weighted by Gasteiger charge is -2.20. The molecule has 0 radical (unpaired) electrons. The maximum absolute atomic E-state index is 5.89. The normalized spacial score (nSPS) is 23.1. The van der Waals surface area contributed by atoms with E-state index in [0.29, 0.717) is 12.0 Å². The molecule has 1 heterocycles. The number of likely N-dealkylation sites (tertiary alicyclic amines) is 1. The van der Waals surface area contributed by atoms with Gasteiger partial charge in [0.25, 0.3) is 0 Å². The van der Waals surface area contributed by atoms with Gasteiger partial charge in [0.05, 0.1) is 6.54 Å². The molecule has 6 heteroatoms. The number of guanidine groups is 1. The third-order valence-corrected chi connectivity index (χ3v) is 4.20. The molecule has 2 aliphatic rings. The van der Waals surface area contributed by atoms with Crippen LogP contribution in [0.1, 0.15) is 39.0 Å². The monoisotopic (exact) mass is 410 g/mol. The molecule has 1 unspecified atom stereocenters. The fraction of sp³-hybridized carbons (Fsp3) is 0.933. The number of nitrogens with two attached hydrogens (primary N) is 1. The molecule has 124 valence electrons. The number of hydrogen-bond acceptors (Lipinski definition) is 3. The molecule has 1 saturated carbocycles. The van der Waals surface area contributed by atoms with Crippen LogP contribution in [-0.2, 0) is 4.74 Å². The summed E-state index contributed by atoms with van der Waals surface area (Å²) in [6, 6.07) is 0.585. The minimum atomic E-state index is 0. The lowest BCUT2D eigenvalue weighted by atomic mass is 10.2. The predicted molar refractivity (Wildman–Crippen MR) is 98.3 cm³/mol. The van der Waals surface area contributed by atoms with Crippen LogP contribution < -0.4 is 11.1 Å². The summed E-state index contributed by atoms with van der Waals surface area (Å²) in [4.78, 5) is 6.95. The molecule has 0 aromatic rings. The van der Waals surface area contributed by atoms with Crippen LogP contribution in [0.5, 0.6) is 0 Å². The predicted octanol–water partition coefficient (Wildman–Crippen LogP) is 1.81. The van der Waals surface area contributed by atoms with Crippen LogP contribution in [0.3, 0.4) is 0 Å². The van der Waals surface area contributed by atoms with Crippen LogP contribution in [0, 0.1) is 5.92 Å². The van der Waals surface area contributed by atoms with Gasteiger partial charge in [0, 0.05) is 25.8 Å².